The minimum Gasteiger partial charge on any atom is -0.363 e. The van der Waals surface area contributed by atoms with Crippen LogP contribution in [-0.2, 0) is 4.79 Å². The number of nitriles is 1. The normalized spacial score (nSPS) is 15.1. The summed E-state index contributed by atoms with van der Waals surface area (Å²) in [6, 6.07) is 12.2. The van der Waals surface area contributed by atoms with E-state index in [0.29, 0.717) is 0 Å². The van der Waals surface area contributed by atoms with Gasteiger partial charge in [-0.3, -0.25) is 4.79 Å². The second-order valence-corrected chi connectivity index (χ2v) is 8.89. The summed E-state index contributed by atoms with van der Waals surface area (Å²) >= 11 is 0. The van der Waals surface area contributed by atoms with Gasteiger partial charge in [0.1, 0.15) is 11.6 Å². The van der Waals surface area contributed by atoms with E-state index in [1.165, 1.54) is 11.3 Å². The topological polar surface area (TPSA) is 56.1 Å². The third-order valence-electron chi connectivity index (χ3n) is 5.98. The number of nitrogens with zero attached hydrogens (tertiary/aromatic N) is 2. The first-order chi connectivity index (χ1) is 14.6. The van der Waals surface area contributed by atoms with E-state index in [0.717, 1.165) is 40.0 Å². The van der Waals surface area contributed by atoms with Crippen LogP contribution in [0.1, 0.15) is 55.5 Å². The summed E-state index contributed by atoms with van der Waals surface area (Å²) in [5.41, 5.74) is 8.32. The molecule has 0 atom stereocenters. The Morgan fingerprint density at radius 1 is 1.13 bits per heavy atom. The highest BCUT2D eigenvalue weighted by molar-refractivity contribution is 6.10. The van der Waals surface area contributed by atoms with Crippen LogP contribution in [0.15, 0.2) is 42.0 Å². The van der Waals surface area contributed by atoms with Gasteiger partial charge in [-0.15, -0.1) is 0 Å². The first-order valence-corrected chi connectivity index (χ1v) is 10.7. The Balaban J connectivity index is 1.99. The van der Waals surface area contributed by atoms with Crippen molar-refractivity contribution in [3.8, 4) is 6.07 Å². The molecule has 0 saturated carbocycles. The Morgan fingerprint density at radius 3 is 2.45 bits per heavy atom. The molecule has 1 amide bonds. The molecule has 1 heterocycles. The number of hydrogen-bond donors (Lipinski definition) is 1. The molecule has 31 heavy (non-hydrogen) atoms. The van der Waals surface area contributed by atoms with Crippen molar-refractivity contribution in [1.29, 1.82) is 5.26 Å². The van der Waals surface area contributed by atoms with Gasteiger partial charge in [-0.25, -0.2) is 0 Å². The molecule has 0 bridgehead atoms. The second-order valence-electron chi connectivity index (χ2n) is 8.89. The van der Waals surface area contributed by atoms with E-state index in [4.69, 9.17) is 0 Å². The van der Waals surface area contributed by atoms with Crippen LogP contribution in [0.4, 0.5) is 11.4 Å². The number of carbonyl (C=O) groups excluding carboxylic acids is 1. The molecule has 4 heteroatoms. The highest BCUT2D eigenvalue weighted by Crippen LogP contribution is 2.40. The van der Waals surface area contributed by atoms with Crippen molar-refractivity contribution in [1.82, 2.24) is 0 Å². The molecule has 160 valence electrons. The number of amides is 1. The smallest absolute Gasteiger partial charge is 0.266 e. The molecule has 1 aliphatic rings. The van der Waals surface area contributed by atoms with E-state index in [1.54, 1.807) is 6.08 Å². The van der Waals surface area contributed by atoms with E-state index in [1.807, 2.05) is 39.0 Å². The number of hydrogen-bond acceptors (Lipinski definition) is 3. The summed E-state index contributed by atoms with van der Waals surface area (Å²) in [4.78, 5) is 15.2. The van der Waals surface area contributed by atoms with Gasteiger partial charge in [0.25, 0.3) is 5.91 Å². The Hall–Kier alpha value is -3.32. The van der Waals surface area contributed by atoms with Crippen molar-refractivity contribution in [2.24, 2.45) is 0 Å². The summed E-state index contributed by atoms with van der Waals surface area (Å²) in [5.74, 6) is -0.393. The van der Waals surface area contributed by atoms with Gasteiger partial charge < -0.3 is 10.2 Å². The number of benzene rings is 2. The Bertz CT molecular complexity index is 1150. The van der Waals surface area contributed by atoms with Gasteiger partial charge in [-0.1, -0.05) is 23.8 Å². The van der Waals surface area contributed by atoms with Crippen molar-refractivity contribution in [2.45, 2.75) is 54.0 Å². The van der Waals surface area contributed by atoms with Crippen molar-refractivity contribution in [2.75, 3.05) is 16.8 Å². The summed E-state index contributed by atoms with van der Waals surface area (Å²) in [6.45, 7) is 15.6. The zero-order valence-corrected chi connectivity index (χ0v) is 19.6. The van der Waals surface area contributed by atoms with Gasteiger partial charge >= 0.3 is 0 Å². The molecule has 1 aliphatic heterocycles. The fourth-order valence-corrected chi connectivity index (χ4v) is 4.43. The Labute approximate surface area is 185 Å². The van der Waals surface area contributed by atoms with E-state index in [-0.39, 0.29) is 11.1 Å². The average Bonchev–Trinajstić information content (AvgIpc) is 2.68. The van der Waals surface area contributed by atoms with Crippen LogP contribution in [-0.4, -0.2) is 18.0 Å². The maximum absolute atomic E-state index is 12.8. The lowest BCUT2D eigenvalue weighted by atomic mass is 9.86. The second kappa shape index (κ2) is 8.43. The Morgan fingerprint density at radius 2 is 1.84 bits per heavy atom. The predicted octanol–water partition coefficient (Wildman–Crippen LogP) is 6.18. The van der Waals surface area contributed by atoms with Crippen LogP contribution in [0.3, 0.4) is 0 Å². The van der Waals surface area contributed by atoms with Gasteiger partial charge in [-0.2, -0.15) is 5.26 Å². The minimum atomic E-state index is -0.393. The highest BCUT2D eigenvalue weighted by atomic mass is 16.1. The molecule has 0 aliphatic carbocycles. The molecule has 0 radical (unpaired) electrons. The minimum absolute atomic E-state index is 0.0563. The molecule has 3 rings (SSSR count). The van der Waals surface area contributed by atoms with Crippen LogP contribution < -0.4 is 10.2 Å². The van der Waals surface area contributed by atoms with Gasteiger partial charge in [0, 0.05) is 23.5 Å². The summed E-state index contributed by atoms with van der Waals surface area (Å²) in [6.07, 6.45) is 3.97. The number of likely N-dealkylation sites (N-methyl/N-ethyl adjacent to an activating group) is 1. The average molecular weight is 414 g/mol. The van der Waals surface area contributed by atoms with Crippen molar-refractivity contribution >= 4 is 28.9 Å². The monoisotopic (exact) mass is 413 g/mol. The molecular weight excluding hydrogens is 382 g/mol. The molecule has 1 N–H and O–H groups in total. The fourth-order valence-electron chi connectivity index (χ4n) is 4.43. The lowest BCUT2D eigenvalue weighted by Gasteiger charge is -2.43. The highest BCUT2D eigenvalue weighted by Gasteiger charge is 2.30. The Kier molecular flexibility index (Phi) is 6.08. The fraction of sp³-hybridized carbons (Fsp3) is 0.333. The van der Waals surface area contributed by atoms with E-state index >= 15 is 0 Å². The van der Waals surface area contributed by atoms with Gasteiger partial charge in [0.05, 0.1) is 5.54 Å². The van der Waals surface area contributed by atoms with Crippen LogP contribution in [0, 0.1) is 32.1 Å². The number of carbonyl (C=O) groups is 1. The third-order valence-corrected chi connectivity index (χ3v) is 5.98. The quantitative estimate of drug-likeness (QED) is 0.481. The molecule has 4 nitrogen and oxygen atoms in total. The lowest BCUT2D eigenvalue weighted by Crippen LogP contribution is -2.44. The van der Waals surface area contributed by atoms with Crippen molar-refractivity contribution in [3.05, 3.63) is 69.8 Å². The molecule has 0 fully saturated rings. The number of allylic oxidation sites excluding steroid dienone is 1. The van der Waals surface area contributed by atoms with E-state index in [2.05, 4.69) is 62.2 Å². The predicted molar refractivity (Wildman–Crippen MR) is 130 cm³/mol. The summed E-state index contributed by atoms with van der Waals surface area (Å²) < 4.78 is 0. The van der Waals surface area contributed by atoms with Crippen LogP contribution >= 0.6 is 0 Å². The number of fused-ring (bicyclic) bond motifs is 1. The van der Waals surface area contributed by atoms with Crippen molar-refractivity contribution < 1.29 is 4.79 Å². The molecule has 0 unspecified atom stereocenters. The molecule has 0 aromatic heterocycles. The summed E-state index contributed by atoms with van der Waals surface area (Å²) in [7, 11) is 0. The van der Waals surface area contributed by atoms with Gasteiger partial charge in [0.2, 0.25) is 0 Å². The van der Waals surface area contributed by atoms with E-state index in [9.17, 15) is 10.1 Å². The van der Waals surface area contributed by atoms with Crippen molar-refractivity contribution in [3.63, 3.8) is 0 Å². The molecule has 0 saturated heterocycles. The number of anilines is 2. The maximum Gasteiger partial charge on any atom is 0.266 e. The molecule has 2 aromatic rings. The van der Waals surface area contributed by atoms with Crippen LogP contribution in [0.2, 0.25) is 0 Å². The molecule has 0 spiro atoms. The van der Waals surface area contributed by atoms with Gasteiger partial charge in [-0.05, 0) is 95.0 Å². The zero-order chi connectivity index (χ0) is 22.9. The standard InChI is InChI=1S/C27H31N3O/c1-8-30-25-12-18(3)21(14-23(25)20(5)15-27(30,6)7)13-22(16-28)26(31)29-24-10-9-17(2)11-19(24)4/h9-15H,8H2,1-7H3,(H,29,31)/b22-13-. The molecular formula is C27H31N3O. The third kappa shape index (κ3) is 4.41. The largest absolute Gasteiger partial charge is 0.363 e. The SMILES string of the molecule is CCN1c2cc(C)c(/C=C(/C#N)C(=O)Nc3ccc(C)cc3C)cc2C(C)=CC1(C)C. The zero-order valence-electron chi connectivity index (χ0n) is 19.6. The maximum atomic E-state index is 12.8. The van der Waals surface area contributed by atoms with Crippen LogP contribution in [0.5, 0.6) is 0 Å². The summed E-state index contributed by atoms with van der Waals surface area (Å²) in [5, 5.41) is 12.6. The first kappa shape index (κ1) is 22.4. The van der Waals surface area contributed by atoms with Gasteiger partial charge in [0.15, 0.2) is 0 Å². The molecule has 2 aromatic carbocycles. The number of aryl methyl sites for hydroxylation is 3. The first-order valence-electron chi connectivity index (χ1n) is 10.7. The van der Waals surface area contributed by atoms with E-state index < -0.39 is 5.91 Å². The lowest BCUT2D eigenvalue weighted by molar-refractivity contribution is -0.112. The number of rotatable bonds is 4. The van der Waals surface area contributed by atoms with Crippen LogP contribution in [0.25, 0.3) is 11.6 Å². The number of nitrogens with one attached hydrogen (secondary N) is 1.